The van der Waals surface area contributed by atoms with E-state index in [1.807, 2.05) is 0 Å². The molecule has 0 radical (unpaired) electrons. The van der Waals surface area contributed by atoms with Gasteiger partial charge in [0.05, 0.1) is 13.0 Å². The molecular weight excluding hydrogens is 428 g/mol. The molecule has 0 spiro atoms. The second-order valence-corrected chi connectivity index (χ2v) is 9.39. The third kappa shape index (κ3) is 5.67. The highest BCUT2D eigenvalue weighted by atomic mass is 32.2. The maximum absolute atomic E-state index is 12.4. The van der Waals surface area contributed by atoms with Crippen molar-refractivity contribution in [1.82, 2.24) is 10.1 Å². The van der Waals surface area contributed by atoms with E-state index in [1.54, 1.807) is 48.7 Å². The Balaban J connectivity index is 1.53. The Kier molecular flexibility index (Phi) is 6.53. The molecule has 1 aromatic carbocycles. The number of hydrogen-bond acceptors (Lipinski definition) is 7. The van der Waals surface area contributed by atoms with Gasteiger partial charge in [0.2, 0.25) is 11.8 Å². The van der Waals surface area contributed by atoms with Gasteiger partial charge < -0.3 is 14.7 Å². The number of anilines is 2. The molecule has 0 aliphatic carbocycles. The number of aryl methyl sites for hydroxylation is 1. The van der Waals surface area contributed by atoms with Crippen molar-refractivity contribution < 1.29 is 22.5 Å². The Labute approximate surface area is 177 Å². The topological polar surface area (TPSA) is 122 Å². The fourth-order valence-corrected chi connectivity index (χ4v) is 4.58. The Morgan fingerprint density at radius 1 is 1.20 bits per heavy atom. The summed E-state index contributed by atoms with van der Waals surface area (Å²) in [6.45, 7) is 1.57. The maximum atomic E-state index is 12.4. The molecule has 2 amide bonds. The minimum Gasteiger partial charge on any atom is -0.360 e. The molecule has 0 aliphatic rings. The van der Waals surface area contributed by atoms with Gasteiger partial charge in [-0.15, -0.1) is 11.3 Å². The number of benzene rings is 1. The fourth-order valence-electron chi connectivity index (χ4n) is 2.53. The molecule has 0 aliphatic heterocycles. The average molecular weight is 449 g/mol. The smallest absolute Gasteiger partial charge is 0.271 e. The first-order valence-electron chi connectivity index (χ1n) is 8.85. The summed E-state index contributed by atoms with van der Waals surface area (Å²) in [6, 6.07) is 11.3. The lowest BCUT2D eigenvalue weighted by molar-refractivity contribution is -0.132. The van der Waals surface area contributed by atoms with Gasteiger partial charge in [0.15, 0.2) is 5.82 Å². The van der Waals surface area contributed by atoms with Gasteiger partial charge in [-0.05, 0) is 36.1 Å². The van der Waals surface area contributed by atoms with E-state index in [4.69, 9.17) is 4.52 Å². The van der Waals surface area contributed by atoms with E-state index < -0.39 is 15.9 Å². The Bertz CT molecular complexity index is 1120. The Morgan fingerprint density at radius 2 is 1.93 bits per heavy atom. The number of thiophene rings is 1. The van der Waals surface area contributed by atoms with Crippen molar-refractivity contribution in [2.45, 2.75) is 17.6 Å². The largest absolute Gasteiger partial charge is 0.360 e. The van der Waals surface area contributed by atoms with E-state index >= 15 is 0 Å². The van der Waals surface area contributed by atoms with Gasteiger partial charge in [-0.1, -0.05) is 23.4 Å². The summed E-state index contributed by atoms with van der Waals surface area (Å²) >= 11 is 1.13. The molecule has 11 heteroatoms. The number of carbonyl (C=O) groups is 2. The zero-order valence-electron chi connectivity index (χ0n) is 16.3. The lowest BCUT2D eigenvalue weighted by Gasteiger charge is -2.16. The van der Waals surface area contributed by atoms with Crippen LogP contribution < -0.4 is 10.0 Å². The van der Waals surface area contributed by atoms with Crippen LogP contribution in [0.2, 0.25) is 0 Å². The van der Waals surface area contributed by atoms with Crippen LogP contribution in [0.1, 0.15) is 11.3 Å². The third-order valence-corrected chi connectivity index (χ3v) is 6.80. The molecule has 2 aromatic heterocycles. The minimum absolute atomic E-state index is 0.0742. The molecular formula is C19H20N4O5S2. The summed E-state index contributed by atoms with van der Waals surface area (Å²) < 4.78 is 32.1. The molecule has 3 rings (SSSR count). The van der Waals surface area contributed by atoms with Crippen molar-refractivity contribution >= 4 is 44.7 Å². The molecule has 30 heavy (non-hydrogen) atoms. The highest BCUT2D eigenvalue weighted by Crippen LogP contribution is 2.20. The van der Waals surface area contributed by atoms with Gasteiger partial charge in [0, 0.05) is 18.8 Å². The Hall–Kier alpha value is -3.18. The van der Waals surface area contributed by atoms with Crippen LogP contribution in [0.3, 0.4) is 0 Å². The lowest BCUT2D eigenvalue weighted by Crippen LogP contribution is -2.35. The molecule has 3 aromatic rings. The van der Waals surface area contributed by atoms with Gasteiger partial charge in [-0.3, -0.25) is 14.3 Å². The van der Waals surface area contributed by atoms with Crippen LogP contribution in [-0.4, -0.2) is 43.9 Å². The normalized spacial score (nSPS) is 11.1. The summed E-state index contributed by atoms with van der Waals surface area (Å²) in [5.41, 5.74) is 1.09. The van der Waals surface area contributed by atoms with E-state index in [-0.39, 0.29) is 23.1 Å². The standard InChI is InChI=1S/C19H20N4O5S2/c1-13-10-16(21-28-13)20-17(24)12-23(2)18(25)11-14-5-7-15(8-6-14)22-30(26,27)19-4-3-9-29-19/h3-10,22H,11-12H2,1-2H3,(H,20,21,24). The van der Waals surface area contributed by atoms with Crippen LogP contribution in [0.15, 0.2) is 56.6 Å². The highest BCUT2D eigenvalue weighted by Gasteiger charge is 2.17. The molecule has 158 valence electrons. The maximum Gasteiger partial charge on any atom is 0.271 e. The van der Waals surface area contributed by atoms with E-state index in [9.17, 15) is 18.0 Å². The summed E-state index contributed by atoms with van der Waals surface area (Å²) in [5.74, 6) is 0.209. The third-order valence-electron chi connectivity index (χ3n) is 4.02. The predicted molar refractivity (Wildman–Crippen MR) is 113 cm³/mol. The number of carbonyl (C=O) groups excluding carboxylic acids is 2. The first kappa shape index (κ1) is 21.5. The Morgan fingerprint density at radius 3 is 2.53 bits per heavy atom. The van der Waals surface area contributed by atoms with Crippen LogP contribution in [0.25, 0.3) is 0 Å². The predicted octanol–water partition coefficient (Wildman–Crippen LogP) is 2.48. The number of hydrogen-bond donors (Lipinski definition) is 2. The van der Waals surface area contributed by atoms with Crippen LogP contribution in [0, 0.1) is 6.92 Å². The number of nitrogens with one attached hydrogen (secondary N) is 2. The molecule has 2 N–H and O–H groups in total. The molecule has 0 fully saturated rings. The van der Waals surface area contributed by atoms with Crippen molar-refractivity contribution in [3.05, 3.63) is 59.2 Å². The number of aromatic nitrogens is 1. The molecule has 0 saturated carbocycles. The van der Waals surface area contributed by atoms with E-state index in [0.29, 0.717) is 22.8 Å². The van der Waals surface area contributed by atoms with E-state index in [1.165, 1.54) is 18.0 Å². The van der Waals surface area contributed by atoms with Gasteiger partial charge in [0.1, 0.15) is 9.97 Å². The zero-order chi connectivity index (χ0) is 21.7. The van der Waals surface area contributed by atoms with Crippen molar-refractivity contribution in [2.75, 3.05) is 23.6 Å². The second-order valence-electron chi connectivity index (χ2n) is 6.53. The molecule has 0 bridgehead atoms. The van der Waals surface area contributed by atoms with Crippen LogP contribution in [-0.2, 0) is 26.0 Å². The fraction of sp³-hybridized carbons (Fsp3) is 0.211. The molecule has 9 nitrogen and oxygen atoms in total. The van der Waals surface area contributed by atoms with Crippen molar-refractivity contribution in [3.63, 3.8) is 0 Å². The summed E-state index contributed by atoms with van der Waals surface area (Å²) in [5, 5.41) is 7.91. The summed E-state index contributed by atoms with van der Waals surface area (Å²) in [4.78, 5) is 25.7. The lowest BCUT2D eigenvalue weighted by atomic mass is 10.1. The number of nitrogens with zero attached hydrogens (tertiary/aromatic N) is 2. The minimum atomic E-state index is -3.62. The number of rotatable bonds is 8. The second kappa shape index (κ2) is 9.09. The van der Waals surface area contributed by atoms with Gasteiger partial charge in [-0.2, -0.15) is 0 Å². The van der Waals surface area contributed by atoms with E-state index in [0.717, 1.165) is 11.3 Å². The molecule has 0 unspecified atom stereocenters. The van der Waals surface area contributed by atoms with Gasteiger partial charge in [0.25, 0.3) is 10.0 Å². The number of likely N-dealkylation sites (N-methyl/N-ethyl adjacent to an activating group) is 1. The highest BCUT2D eigenvalue weighted by molar-refractivity contribution is 7.94. The van der Waals surface area contributed by atoms with E-state index in [2.05, 4.69) is 15.2 Å². The van der Waals surface area contributed by atoms with Gasteiger partial charge >= 0.3 is 0 Å². The zero-order valence-corrected chi connectivity index (χ0v) is 17.9. The summed E-state index contributed by atoms with van der Waals surface area (Å²) in [7, 11) is -2.09. The van der Waals surface area contributed by atoms with Crippen molar-refractivity contribution in [2.24, 2.45) is 0 Å². The van der Waals surface area contributed by atoms with Crippen LogP contribution in [0.5, 0.6) is 0 Å². The first-order chi connectivity index (χ1) is 14.2. The quantitative estimate of drug-likeness (QED) is 0.546. The monoisotopic (exact) mass is 448 g/mol. The van der Waals surface area contributed by atoms with Gasteiger partial charge in [-0.25, -0.2) is 8.42 Å². The molecule has 0 atom stereocenters. The number of sulfonamides is 1. The van der Waals surface area contributed by atoms with Crippen molar-refractivity contribution in [3.8, 4) is 0 Å². The van der Waals surface area contributed by atoms with Crippen LogP contribution >= 0.6 is 11.3 Å². The first-order valence-corrected chi connectivity index (χ1v) is 11.2. The average Bonchev–Trinajstić information content (AvgIpc) is 3.35. The van der Waals surface area contributed by atoms with Crippen LogP contribution in [0.4, 0.5) is 11.5 Å². The molecule has 0 saturated heterocycles. The molecule has 2 heterocycles. The SMILES string of the molecule is Cc1cc(NC(=O)CN(C)C(=O)Cc2ccc(NS(=O)(=O)c3cccs3)cc2)no1. The summed E-state index contributed by atoms with van der Waals surface area (Å²) in [6.07, 6.45) is 0.0742. The van der Waals surface area contributed by atoms with Crippen molar-refractivity contribution in [1.29, 1.82) is 0 Å². The number of amides is 2.